The van der Waals surface area contributed by atoms with Crippen LogP contribution >= 0.6 is 0 Å². The molecule has 0 saturated heterocycles. The molecule has 0 amide bonds. The monoisotopic (exact) mass is 430 g/mol. The third kappa shape index (κ3) is 5.81. The summed E-state index contributed by atoms with van der Waals surface area (Å²) in [6, 6.07) is 50.5. The highest BCUT2D eigenvalue weighted by Gasteiger charge is 2.20. The molecule has 5 rings (SSSR count). The molecule has 0 unspecified atom stereocenters. The highest BCUT2D eigenvalue weighted by Crippen LogP contribution is 2.36. The van der Waals surface area contributed by atoms with E-state index in [1.807, 2.05) is 30.3 Å². The van der Waals surface area contributed by atoms with Crippen LogP contribution < -0.4 is 10.0 Å². The van der Waals surface area contributed by atoms with E-state index in [2.05, 4.69) is 107 Å². The molecule has 3 heteroatoms. The number of aromatic hydroxyl groups is 1. The first-order valence-electron chi connectivity index (χ1n) is 10.9. The summed E-state index contributed by atoms with van der Waals surface area (Å²) in [4.78, 5) is 0. The SMILES string of the molecule is Oc1ccccc1.c1ccc(N(c2ccccc2)N(c2ccccc2)c2ccccc2)cc1. The van der Waals surface area contributed by atoms with Gasteiger partial charge >= 0.3 is 0 Å². The van der Waals surface area contributed by atoms with Gasteiger partial charge in [-0.15, -0.1) is 0 Å². The summed E-state index contributed by atoms with van der Waals surface area (Å²) < 4.78 is 0. The molecule has 0 heterocycles. The first-order valence-corrected chi connectivity index (χ1v) is 10.9. The first-order chi connectivity index (χ1) is 16.3. The van der Waals surface area contributed by atoms with Gasteiger partial charge in [-0.3, -0.25) is 0 Å². The van der Waals surface area contributed by atoms with Crippen molar-refractivity contribution in [3.63, 3.8) is 0 Å². The van der Waals surface area contributed by atoms with Crippen molar-refractivity contribution in [3.05, 3.63) is 152 Å². The van der Waals surface area contributed by atoms with E-state index < -0.39 is 0 Å². The molecule has 0 aliphatic carbocycles. The number of hydrazine groups is 1. The number of phenols is 1. The maximum atomic E-state index is 8.63. The molecule has 1 N–H and O–H groups in total. The van der Waals surface area contributed by atoms with Crippen LogP contribution in [0.2, 0.25) is 0 Å². The van der Waals surface area contributed by atoms with Crippen LogP contribution in [0.4, 0.5) is 22.7 Å². The highest BCUT2D eigenvalue weighted by atomic mass is 16.3. The summed E-state index contributed by atoms with van der Waals surface area (Å²) in [6.45, 7) is 0. The van der Waals surface area contributed by atoms with Gasteiger partial charge in [0.15, 0.2) is 0 Å². The summed E-state index contributed by atoms with van der Waals surface area (Å²) >= 11 is 0. The van der Waals surface area contributed by atoms with E-state index in [4.69, 9.17) is 5.11 Å². The molecule has 0 aliphatic rings. The van der Waals surface area contributed by atoms with Gasteiger partial charge < -0.3 is 5.11 Å². The summed E-state index contributed by atoms with van der Waals surface area (Å²) in [7, 11) is 0. The summed E-state index contributed by atoms with van der Waals surface area (Å²) in [5.41, 5.74) is 4.41. The Morgan fingerprint density at radius 2 is 0.515 bits per heavy atom. The quantitative estimate of drug-likeness (QED) is 0.286. The van der Waals surface area contributed by atoms with Crippen LogP contribution in [0.15, 0.2) is 152 Å². The Kier molecular flexibility index (Phi) is 7.38. The van der Waals surface area contributed by atoms with Crippen LogP contribution in [-0.2, 0) is 0 Å². The molecule has 0 saturated carbocycles. The molecule has 0 bridgehead atoms. The summed E-state index contributed by atoms with van der Waals surface area (Å²) in [6.07, 6.45) is 0. The van der Waals surface area contributed by atoms with Crippen molar-refractivity contribution in [2.75, 3.05) is 10.0 Å². The minimum Gasteiger partial charge on any atom is -0.508 e. The van der Waals surface area contributed by atoms with Crippen LogP contribution in [0.3, 0.4) is 0 Å². The average molecular weight is 431 g/mol. The van der Waals surface area contributed by atoms with E-state index in [0.29, 0.717) is 5.75 Å². The van der Waals surface area contributed by atoms with Crippen molar-refractivity contribution in [1.82, 2.24) is 0 Å². The maximum Gasteiger partial charge on any atom is 0.115 e. The van der Waals surface area contributed by atoms with Crippen molar-refractivity contribution in [3.8, 4) is 5.75 Å². The van der Waals surface area contributed by atoms with E-state index >= 15 is 0 Å². The number of para-hydroxylation sites is 5. The average Bonchev–Trinajstić information content (AvgIpc) is 2.90. The normalized spacial score (nSPS) is 9.94. The number of hydrogen-bond acceptors (Lipinski definition) is 3. The minimum atomic E-state index is 0.322. The standard InChI is InChI=1S/C24H20N2.C6H6O/c1-5-13-21(14-6-1)25(22-15-7-2-8-16-22)26(23-17-9-3-10-18-23)24-19-11-4-12-20-24;7-6-4-2-1-3-5-6/h1-20H;1-5,7H. The van der Waals surface area contributed by atoms with Crippen molar-refractivity contribution < 1.29 is 5.11 Å². The molecule has 0 fully saturated rings. The fourth-order valence-corrected chi connectivity index (χ4v) is 3.46. The Labute approximate surface area is 195 Å². The number of benzene rings is 5. The van der Waals surface area contributed by atoms with Crippen molar-refractivity contribution >= 4 is 22.7 Å². The van der Waals surface area contributed by atoms with E-state index in [0.717, 1.165) is 22.7 Å². The van der Waals surface area contributed by atoms with E-state index in [9.17, 15) is 0 Å². The molecule has 0 spiro atoms. The zero-order valence-corrected chi connectivity index (χ0v) is 18.3. The van der Waals surface area contributed by atoms with Gasteiger partial charge in [0.25, 0.3) is 0 Å². The predicted octanol–water partition coefficient (Wildman–Crippen LogP) is 7.97. The Balaban J connectivity index is 0.000000318. The van der Waals surface area contributed by atoms with Gasteiger partial charge in [-0.25, -0.2) is 10.0 Å². The zero-order chi connectivity index (χ0) is 22.7. The van der Waals surface area contributed by atoms with Crippen LogP contribution in [-0.4, -0.2) is 5.11 Å². The Morgan fingerprint density at radius 3 is 0.697 bits per heavy atom. The lowest BCUT2D eigenvalue weighted by Gasteiger charge is -2.38. The molecule has 0 radical (unpaired) electrons. The van der Waals surface area contributed by atoms with Crippen molar-refractivity contribution in [1.29, 1.82) is 0 Å². The van der Waals surface area contributed by atoms with Gasteiger partial charge in [0.05, 0.1) is 22.7 Å². The molecular weight excluding hydrogens is 404 g/mol. The second kappa shape index (κ2) is 11.2. The van der Waals surface area contributed by atoms with Gasteiger partial charge in [0, 0.05) is 0 Å². The topological polar surface area (TPSA) is 26.7 Å². The second-order valence-corrected chi connectivity index (χ2v) is 7.30. The fraction of sp³-hybridized carbons (Fsp3) is 0. The minimum absolute atomic E-state index is 0.322. The molecule has 0 aromatic heterocycles. The zero-order valence-electron chi connectivity index (χ0n) is 18.3. The van der Waals surface area contributed by atoms with Gasteiger partial charge in [-0.1, -0.05) is 91.0 Å². The predicted molar refractivity (Wildman–Crippen MR) is 138 cm³/mol. The van der Waals surface area contributed by atoms with Crippen molar-refractivity contribution in [2.45, 2.75) is 0 Å². The molecule has 33 heavy (non-hydrogen) atoms. The molecule has 5 aromatic rings. The highest BCUT2D eigenvalue weighted by molar-refractivity contribution is 5.77. The Bertz CT molecular complexity index is 1040. The van der Waals surface area contributed by atoms with E-state index in [1.54, 1.807) is 24.3 Å². The third-order valence-corrected chi connectivity index (χ3v) is 4.96. The summed E-state index contributed by atoms with van der Waals surface area (Å²) in [5, 5.41) is 13.1. The van der Waals surface area contributed by atoms with Crippen LogP contribution in [0.1, 0.15) is 0 Å². The van der Waals surface area contributed by atoms with Crippen LogP contribution in [0.25, 0.3) is 0 Å². The maximum absolute atomic E-state index is 8.63. The molecular formula is C30H26N2O. The lowest BCUT2D eigenvalue weighted by molar-refractivity contribution is 0.475. The number of hydrogen-bond donors (Lipinski definition) is 1. The lowest BCUT2D eigenvalue weighted by Crippen LogP contribution is -2.35. The molecule has 0 aliphatic heterocycles. The third-order valence-electron chi connectivity index (χ3n) is 4.96. The second-order valence-electron chi connectivity index (χ2n) is 7.30. The molecule has 162 valence electrons. The fourth-order valence-electron chi connectivity index (χ4n) is 3.46. The summed E-state index contributed by atoms with van der Waals surface area (Å²) in [5.74, 6) is 0.322. The van der Waals surface area contributed by atoms with Gasteiger partial charge in [-0.2, -0.15) is 0 Å². The van der Waals surface area contributed by atoms with Gasteiger partial charge in [-0.05, 0) is 60.7 Å². The number of rotatable bonds is 5. The molecule has 0 atom stereocenters. The van der Waals surface area contributed by atoms with Crippen molar-refractivity contribution in [2.24, 2.45) is 0 Å². The lowest BCUT2D eigenvalue weighted by atomic mass is 10.2. The molecule has 5 aromatic carbocycles. The smallest absolute Gasteiger partial charge is 0.115 e. The van der Waals surface area contributed by atoms with Gasteiger partial charge in [0.2, 0.25) is 0 Å². The Morgan fingerprint density at radius 1 is 0.303 bits per heavy atom. The van der Waals surface area contributed by atoms with E-state index in [-0.39, 0.29) is 0 Å². The number of phenolic OH excluding ortho intramolecular Hbond substituents is 1. The number of anilines is 4. The largest absolute Gasteiger partial charge is 0.508 e. The first kappa shape index (κ1) is 21.7. The Hall–Kier alpha value is -4.50. The van der Waals surface area contributed by atoms with Crippen LogP contribution in [0, 0.1) is 0 Å². The van der Waals surface area contributed by atoms with Gasteiger partial charge in [0.1, 0.15) is 5.75 Å². The van der Waals surface area contributed by atoms with Crippen LogP contribution in [0.5, 0.6) is 5.75 Å². The molecule has 3 nitrogen and oxygen atoms in total. The number of nitrogens with zero attached hydrogens (tertiary/aromatic N) is 2. The van der Waals surface area contributed by atoms with E-state index in [1.165, 1.54) is 0 Å².